The van der Waals surface area contributed by atoms with Crippen molar-refractivity contribution in [3.8, 4) is 28.7 Å². The van der Waals surface area contributed by atoms with Gasteiger partial charge in [-0.2, -0.15) is 0 Å². The number of cyclic esters (lactones) is 1. The molecular weight excluding hydrogens is 592 g/mol. The van der Waals surface area contributed by atoms with Gasteiger partial charge in [0.15, 0.2) is 23.0 Å². The summed E-state index contributed by atoms with van der Waals surface area (Å²) in [5.41, 5.74) is 4.76. The predicted octanol–water partition coefficient (Wildman–Crippen LogP) is 2.93. The monoisotopic (exact) mass is 626 g/mol. The summed E-state index contributed by atoms with van der Waals surface area (Å²) in [6.07, 6.45) is -0.441. The van der Waals surface area contributed by atoms with Crippen molar-refractivity contribution in [2.75, 3.05) is 32.8 Å². The van der Waals surface area contributed by atoms with Crippen LogP contribution in [0.4, 0.5) is 0 Å². The van der Waals surface area contributed by atoms with Crippen LogP contribution in [-0.2, 0) is 30.3 Å². The highest BCUT2D eigenvalue weighted by Gasteiger charge is 2.55. The molecule has 2 N–H and O–H groups in total. The number of thioether (sulfide) groups is 1. The Labute approximate surface area is 258 Å². The van der Waals surface area contributed by atoms with Gasteiger partial charge in [-0.15, -0.1) is 11.8 Å². The number of ether oxygens (including phenoxy) is 6. The van der Waals surface area contributed by atoms with Gasteiger partial charge in [0.2, 0.25) is 12.9 Å². The van der Waals surface area contributed by atoms with Crippen molar-refractivity contribution in [1.29, 1.82) is 0 Å². The fourth-order valence-electron chi connectivity index (χ4n) is 7.63. The predicted molar refractivity (Wildman–Crippen MR) is 156 cm³/mol. The number of carbonyl (C=O) groups excluding carboxylic acids is 3. The first-order valence-corrected chi connectivity index (χ1v) is 15.6. The minimum atomic E-state index is -1.12. The second-order valence-corrected chi connectivity index (χ2v) is 13.0. The van der Waals surface area contributed by atoms with E-state index >= 15 is 0 Å². The van der Waals surface area contributed by atoms with Crippen LogP contribution < -0.4 is 24.3 Å². The van der Waals surface area contributed by atoms with Gasteiger partial charge >= 0.3 is 17.9 Å². The Morgan fingerprint density at radius 3 is 2.57 bits per heavy atom. The summed E-state index contributed by atoms with van der Waals surface area (Å²) >= 11 is 1.41. The standard InChI is InChI=1S/C31H34N2O10S/c1-12-6-16-7-17-8-33-18-9-39-31(37)19(42-14(3)34)10-44-30(24(33)23(32-17)20(16)25(36)26(12)38-5)22-21(18)29-28(40-11-41-29)13(2)27(22)43-15(4)35/h6,17-19,23-24,30,32,36H,7-11H2,1-5H3/t17-,18-,19-,23+,24?,30+/m0/s1. The van der Waals surface area contributed by atoms with Crippen LogP contribution in [0.2, 0.25) is 0 Å². The van der Waals surface area contributed by atoms with Crippen LogP contribution in [0.1, 0.15) is 64.6 Å². The van der Waals surface area contributed by atoms with E-state index in [0.29, 0.717) is 41.5 Å². The number of methoxy groups -OCH3 is 1. The number of benzene rings is 2. The molecule has 0 spiro atoms. The first kappa shape index (κ1) is 29.1. The number of rotatable bonds is 3. The van der Waals surface area contributed by atoms with Crippen LogP contribution in [0, 0.1) is 13.8 Å². The molecule has 5 aliphatic rings. The molecule has 0 saturated carbocycles. The largest absolute Gasteiger partial charge is 0.504 e. The first-order chi connectivity index (χ1) is 21.1. The van der Waals surface area contributed by atoms with Crippen LogP contribution >= 0.6 is 11.8 Å². The van der Waals surface area contributed by atoms with Crippen molar-refractivity contribution in [2.24, 2.45) is 0 Å². The second-order valence-electron chi connectivity index (χ2n) is 11.8. The van der Waals surface area contributed by atoms with E-state index in [4.69, 9.17) is 28.4 Å². The zero-order valence-corrected chi connectivity index (χ0v) is 25.9. The smallest absolute Gasteiger partial charge is 0.348 e. The lowest BCUT2D eigenvalue weighted by Gasteiger charge is -2.57. The van der Waals surface area contributed by atoms with Crippen LogP contribution in [-0.4, -0.2) is 78.9 Å². The van der Waals surface area contributed by atoms with Crippen molar-refractivity contribution >= 4 is 29.7 Å². The summed E-state index contributed by atoms with van der Waals surface area (Å²) in [5.74, 6) is 0.302. The number of nitrogens with zero attached hydrogens (tertiary/aromatic N) is 1. The number of phenolic OH excluding ortho intramolecular Hbond substituents is 1. The van der Waals surface area contributed by atoms with Crippen LogP contribution in [0.3, 0.4) is 0 Å². The van der Waals surface area contributed by atoms with Crippen molar-refractivity contribution in [3.63, 3.8) is 0 Å². The van der Waals surface area contributed by atoms with Gasteiger partial charge in [-0.1, -0.05) is 6.07 Å². The zero-order valence-electron chi connectivity index (χ0n) is 25.1. The minimum Gasteiger partial charge on any atom is -0.504 e. The molecule has 0 aromatic heterocycles. The third kappa shape index (κ3) is 4.39. The number of nitrogens with one attached hydrogen (secondary N) is 1. The zero-order chi connectivity index (χ0) is 31.0. The van der Waals surface area contributed by atoms with E-state index in [1.54, 1.807) is 7.11 Å². The average molecular weight is 627 g/mol. The molecule has 2 aromatic carbocycles. The van der Waals surface area contributed by atoms with Crippen LogP contribution in [0.5, 0.6) is 28.7 Å². The quantitative estimate of drug-likeness (QED) is 0.381. The van der Waals surface area contributed by atoms with Crippen LogP contribution in [0.15, 0.2) is 6.07 Å². The number of esters is 3. The molecule has 2 aromatic rings. The molecule has 234 valence electrons. The molecule has 2 fully saturated rings. The Bertz CT molecular complexity index is 1590. The van der Waals surface area contributed by atoms with Crippen molar-refractivity contribution in [2.45, 2.75) is 69.6 Å². The fourth-order valence-corrected chi connectivity index (χ4v) is 9.13. The van der Waals surface area contributed by atoms with Crippen molar-refractivity contribution < 1.29 is 47.9 Å². The average Bonchev–Trinajstić information content (AvgIpc) is 3.45. The normalized spacial score (nSPS) is 28.2. The van der Waals surface area contributed by atoms with E-state index in [1.165, 1.54) is 25.6 Å². The van der Waals surface area contributed by atoms with Gasteiger partial charge in [0, 0.05) is 60.5 Å². The lowest BCUT2D eigenvalue weighted by molar-refractivity contribution is -0.167. The number of piperazine rings is 1. The topological polar surface area (TPSA) is 142 Å². The number of aryl methyl sites for hydroxylation is 1. The number of aromatic hydroxyl groups is 1. The van der Waals surface area contributed by atoms with E-state index < -0.39 is 35.3 Å². The third-order valence-electron chi connectivity index (χ3n) is 9.15. The Kier molecular flexibility index (Phi) is 7.09. The van der Waals surface area contributed by atoms with Gasteiger partial charge in [-0.25, -0.2) is 4.79 Å². The summed E-state index contributed by atoms with van der Waals surface area (Å²) in [4.78, 5) is 40.0. The highest BCUT2D eigenvalue weighted by molar-refractivity contribution is 7.99. The minimum absolute atomic E-state index is 0.00160. The molecule has 13 heteroatoms. The SMILES string of the molecule is COc1c(C)cc2c(c1O)[C@H]1N[C@@H](C2)CN2C1[C@@H]1SC[C@H](OC(C)=O)C(=O)OC[C@H]2c2c3c(c(C)c(OC(C)=O)c21)OCO3. The second kappa shape index (κ2) is 10.7. The Morgan fingerprint density at radius 2 is 1.84 bits per heavy atom. The molecule has 0 aliphatic carbocycles. The maximum Gasteiger partial charge on any atom is 0.348 e. The molecular formula is C31H34N2O10S. The van der Waals surface area contributed by atoms with Gasteiger partial charge in [-0.05, 0) is 31.4 Å². The Hall–Kier alpha value is -3.68. The number of hydrogen-bond acceptors (Lipinski definition) is 13. The van der Waals surface area contributed by atoms with Gasteiger partial charge < -0.3 is 38.8 Å². The molecule has 5 aliphatic heterocycles. The van der Waals surface area contributed by atoms with Gasteiger partial charge in [-0.3, -0.25) is 14.5 Å². The fraction of sp³-hybridized carbons (Fsp3) is 0.516. The van der Waals surface area contributed by atoms with E-state index in [0.717, 1.165) is 27.8 Å². The van der Waals surface area contributed by atoms with E-state index in [1.807, 2.05) is 13.8 Å². The highest BCUT2D eigenvalue weighted by Crippen LogP contribution is 2.62. The number of carbonyl (C=O) groups is 3. The molecule has 44 heavy (non-hydrogen) atoms. The maximum atomic E-state index is 13.2. The van der Waals surface area contributed by atoms with Gasteiger partial charge in [0.25, 0.3) is 0 Å². The number of hydrogen-bond donors (Lipinski definition) is 2. The summed E-state index contributed by atoms with van der Waals surface area (Å²) in [6, 6.07) is 0.935. The summed E-state index contributed by atoms with van der Waals surface area (Å²) in [5, 5.41) is 15.0. The molecule has 12 nitrogen and oxygen atoms in total. The lowest BCUT2D eigenvalue weighted by Crippen LogP contribution is -2.65. The molecule has 0 radical (unpaired) electrons. The van der Waals surface area contributed by atoms with Crippen molar-refractivity contribution in [3.05, 3.63) is 39.4 Å². The molecule has 4 bridgehead atoms. The molecule has 5 heterocycles. The lowest BCUT2D eigenvalue weighted by atomic mass is 9.74. The Balaban J connectivity index is 1.48. The first-order valence-electron chi connectivity index (χ1n) is 14.6. The molecule has 7 rings (SSSR count). The van der Waals surface area contributed by atoms with Crippen molar-refractivity contribution in [1.82, 2.24) is 10.2 Å². The third-order valence-corrected chi connectivity index (χ3v) is 10.5. The number of fused-ring (bicyclic) bond motifs is 9. The van der Waals surface area contributed by atoms with E-state index in [-0.39, 0.29) is 43.0 Å². The van der Waals surface area contributed by atoms with Crippen LogP contribution in [0.25, 0.3) is 0 Å². The molecule has 1 unspecified atom stereocenters. The highest BCUT2D eigenvalue weighted by atomic mass is 32.2. The number of phenols is 1. The van der Waals surface area contributed by atoms with E-state index in [9.17, 15) is 19.5 Å². The summed E-state index contributed by atoms with van der Waals surface area (Å²) in [7, 11) is 1.54. The van der Waals surface area contributed by atoms with Gasteiger partial charge in [0.1, 0.15) is 12.4 Å². The van der Waals surface area contributed by atoms with Gasteiger partial charge in [0.05, 0.1) is 24.4 Å². The summed E-state index contributed by atoms with van der Waals surface area (Å²) < 4.78 is 34.8. The Morgan fingerprint density at radius 1 is 1.07 bits per heavy atom. The molecule has 2 saturated heterocycles. The van der Waals surface area contributed by atoms with E-state index in [2.05, 4.69) is 16.3 Å². The summed E-state index contributed by atoms with van der Waals surface area (Å²) in [6.45, 7) is 6.90. The molecule has 0 amide bonds. The molecule has 6 atom stereocenters. The maximum absolute atomic E-state index is 13.2.